The van der Waals surface area contributed by atoms with Crippen molar-refractivity contribution in [3.8, 4) is 0 Å². The zero-order valence-electron chi connectivity index (χ0n) is 14.7. The van der Waals surface area contributed by atoms with E-state index in [1.54, 1.807) is 26.8 Å². The molecule has 1 aliphatic carbocycles. The lowest BCUT2D eigenvalue weighted by Crippen LogP contribution is -2.55. The topological polar surface area (TPSA) is 83.3 Å². The summed E-state index contributed by atoms with van der Waals surface area (Å²) in [6.07, 6.45) is 2.71. The molecule has 8 nitrogen and oxygen atoms in total. The third kappa shape index (κ3) is 2.98. The van der Waals surface area contributed by atoms with Crippen molar-refractivity contribution < 1.29 is 23.5 Å². The fourth-order valence-electron chi connectivity index (χ4n) is 3.68. The zero-order valence-corrected chi connectivity index (χ0v) is 14.7. The van der Waals surface area contributed by atoms with Gasteiger partial charge in [-0.15, -0.1) is 0 Å². The van der Waals surface area contributed by atoms with Crippen molar-refractivity contribution in [3.05, 3.63) is 24.2 Å². The van der Waals surface area contributed by atoms with E-state index >= 15 is 0 Å². The summed E-state index contributed by atoms with van der Waals surface area (Å²) in [5, 5.41) is 0. The SMILES string of the molecule is O=C(c1ccco1)N1CCN(C(=O)C2(C(=O)N3CCOCC3)CC2)CC1. The molecule has 0 bridgehead atoms. The van der Waals surface area contributed by atoms with E-state index < -0.39 is 5.41 Å². The molecule has 140 valence electrons. The fraction of sp³-hybridized carbons (Fsp3) is 0.611. The van der Waals surface area contributed by atoms with Gasteiger partial charge >= 0.3 is 0 Å². The molecule has 3 heterocycles. The predicted octanol–water partition coefficient (Wildman–Crippen LogP) is 0.203. The van der Waals surface area contributed by atoms with E-state index in [4.69, 9.17) is 9.15 Å². The van der Waals surface area contributed by atoms with Crippen LogP contribution in [0.4, 0.5) is 0 Å². The highest BCUT2D eigenvalue weighted by atomic mass is 16.5. The van der Waals surface area contributed by atoms with Gasteiger partial charge in [0.15, 0.2) is 5.76 Å². The Kier molecular flexibility index (Phi) is 4.44. The second-order valence-electron chi connectivity index (χ2n) is 7.05. The van der Waals surface area contributed by atoms with E-state index in [1.165, 1.54) is 6.26 Å². The third-order valence-corrected chi connectivity index (χ3v) is 5.45. The Balaban J connectivity index is 1.36. The van der Waals surface area contributed by atoms with Crippen molar-refractivity contribution in [3.63, 3.8) is 0 Å². The fourth-order valence-corrected chi connectivity index (χ4v) is 3.68. The van der Waals surface area contributed by atoms with Crippen molar-refractivity contribution in [1.82, 2.24) is 14.7 Å². The van der Waals surface area contributed by atoms with Crippen LogP contribution in [-0.2, 0) is 14.3 Å². The molecule has 1 aromatic rings. The van der Waals surface area contributed by atoms with Crippen LogP contribution in [0.3, 0.4) is 0 Å². The molecule has 3 aliphatic rings. The third-order valence-electron chi connectivity index (χ3n) is 5.45. The molecule has 0 aromatic carbocycles. The molecule has 2 aliphatic heterocycles. The van der Waals surface area contributed by atoms with Gasteiger partial charge < -0.3 is 23.9 Å². The van der Waals surface area contributed by atoms with Gasteiger partial charge in [-0.2, -0.15) is 0 Å². The normalized spacial score (nSPS) is 22.2. The summed E-state index contributed by atoms with van der Waals surface area (Å²) in [6, 6.07) is 3.32. The van der Waals surface area contributed by atoms with Gasteiger partial charge in [0.1, 0.15) is 5.41 Å². The number of carbonyl (C=O) groups excluding carboxylic acids is 3. The quantitative estimate of drug-likeness (QED) is 0.719. The average Bonchev–Trinajstić information content (AvgIpc) is 3.33. The van der Waals surface area contributed by atoms with Crippen LogP contribution in [0.25, 0.3) is 0 Å². The first-order chi connectivity index (χ1) is 12.6. The standard InChI is InChI=1S/C18H23N3O5/c22-15(14-2-1-11-26-14)19-5-7-20(8-6-19)16(23)18(3-4-18)17(24)21-9-12-25-13-10-21/h1-2,11H,3-10,12-13H2. The van der Waals surface area contributed by atoms with E-state index in [-0.39, 0.29) is 17.7 Å². The van der Waals surface area contributed by atoms with Crippen molar-refractivity contribution in [2.75, 3.05) is 52.5 Å². The first-order valence-corrected chi connectivity index (χ1v) is 9.11. The molecule has 1 saturated carbocycles. The Labute approximate surface area is 151 Å². The minimum absolute atomic E-state index is 0.0557. The number of nitrogens with zero attached hydrogens (tertiary/aromatic N) is 3. The number of hydrogen-bond donors (Lipinski definition) is 0. The van der Waals surface area contributed by atoms with E-state index in [0.717, 1.165) is 0 Å². The number of piperazine rings is 1. The van der Waals surface area contributed by atoms with Gasteiger partial charge in [0.25, 0.3) is 5.91 Å². The number of morpholine rings is 1. The molecular formula is C18H23N3O5. The molecule has 0 radical (unpaired) electrons. The van der Waals surface area contributed by atoms with Gasteiger partial charge in [-0.05, 0) is 25.0 Å². The summed E-state index contributed by atoms with van der Waals surface area (Å²) in [6.45, 7) is 3.97. The van der Waals surface area contributed by atoms with Crippen LogP contribution in [0.2, 0.25) is 0 Å². The zero-order chi connectivity index (χ0) is 18.1. The maximum absolute atomic E-state index is 13.0. The Bertz CT molecular complexity index is 684. The molecule has 2 saturated heterocycles. The van der Waals surface area contributed by atoms with Crippen molar-refractivity contribution in [2.45, 2.75) is 12.8 Å². The van der Waals surface area contributed by atoms with E-state index in [2.05, 4.69) is 0 Å². The van der Waals surface area contributed by atoms with Gasteiger partial charge in [-0.25, -0.2) is 0 Å². The summed E-state index contributed by atoms with van der Waals surface area (Å²) in [4.78, 5) is 43.3. The van der Waals surface area contributed by atoms with Crippen LogP contribution in [-0.4, -0.2) is 84.9 Å². The summed E-state index contributed by atoms with van der Waals surface area (Å²) < 4.78 is 10.4. The van der Waals surface area contributed by atoms with Gasteiger partial charge in [-0.1, -0.05) is 0 Å². The highest BCUT2D eigenvalue weighted by Crippen LogP contribution is 2.49. The van der Waals surface area contributed by atoms with Gasteiger partial charge in [0.2, 0.25) is 11.8 Å². The molecule has 0 spiro atoms. The van der Waals surface area contributed by atoms with Gasteiger partial charge in [-0.3, -0.25) is 14.4 Å². The minimum Gasteiger partial charge on any atom is -0.459 e. The monoisotopic (exact) mass is 361 g/mol. The summed E-state index contributed by atoms with van der Waals surface area (Å²) in [5.41, 5.74) is -0.871. The largest absolute Gasteiger partial charge is 0.459 e. The smallest absolute Gasteiger partial charge is 0.289 e. The number of rotatable bonds is 3. The number of hydrogen-bond acceptors (Lipinski definition) is 5. The van der Waals surface area contributed by atoms with Crippen LogP contribution >= 0.6 is 0 Å². The Hall–Kier alpha value is -2.35. The molecule has 1 aromatic heterocycles. The van der Waals surface area contributed by atoms with Crippen LogP contribution in [0.5, 0.6) is 0 Å². The van der Waals surface area contributed by atoms with Gasteiger partial charge in [0.05, 0.1) is 19.5 Å². The Morgan fingerprint density at radius 1 is 0.846 bits per heavy atom. The van der Waals surface area contributed by atoms with Crippen LogP contribution in [0.15, 0.2) is 22.8 Å². The second kappa shape index (κ2) is 6.75. The van der Waals surface area contributed by atoms with Crippen molar-refractivity contribution >= 4 is 17.7 Å². The molecule has 0 unspecified atom stereocenters. The molecule has 3 amide bonds. The van der Waals surface area contributed by atoms with E-state index in [1.807, 2.05) is 0 Å². The summed E-state index contributed by atoms with van der Waals surface area (Å²) >= 11 is 0. The molecule has 0 atom stereocenters. The highest BCUT2D eigenvalue weighted by Gasteiger charge is 2.59. The predicted molar refractivity (Wildman–Crippen MR) is 90.3 cm³/mol. The molecule has 3 fully saturated rings. The summed E-state index contributed by atoms with van der Waals surface area (Å²) in [7, 11) is 0. The summed E-state index contributed by atoms with van der Waals surface area (Å²) in [5.74, 6) is 0.0116. The lowest BCUT2D eigenvalue weighted by atomic mass is 10.0. The highest BCUT2D eigenvalue weighted by molar-refractivity contribution is 6.08. The number of furan rings is 1. The maximum Gasteiger partial charge on any atom is 0.289 e. The average molecular weight is 361 g/mol. The first-order valence-electron chi connectivity index (χ1n) is 9.11. The number of amides is 3. The van der Waals surface area contributed by atoms with Crippen LogP contribution < -0.4 is 0 Å². The minimum atomic E-state index is -0.871. The van der Waals surface area contributed by atoms with Gasteiger partial charge in [0, 0.05) is 39.3 Å². The molecule has 26 heavy (non-hydrogen) atoms. The van der Waals surface area contributed by atoms with Crippen molar-refractivity contribution in [1.29, 1.82) is 0 Å². The Morgan fingerprint density at radius 3 is 1.96 bits per heavy atom. The molecule has 8 heteroatoms. The molecular weight excluding hydrogens is 338 g/mol. The van der Waals surface area contributed by atoms with E-state index in [0.29, 0.717) is 71.1 Å². The second-order valence-corrected chi connectivity index (χ2v) is 7.05. The van der Waals surface area contributed by atoms with E-state index in [9.17, 15) is 14.4 Å². The first kappa shape index (κ1) is 17.1. The Morgan fingerprint density at radius 2 is 1.42 bits per heavy atom. The van der Waals surface area contributed by atoms with Crippen LogP contribution in [0.1, 0.15) is 23.4 Å². The van der Waals surface area contributed by atoms with Crippen LogP contribution in [0, 0.1) is 5.41 Å². The lowest BCUT2D eigenvalue weighted by Gasteiger charge is -2.37. The van der Waals surface area contributed by atoms with Crippen molar-refractivity contribution in [2.24, 2.45) is 5.41 Å². The number of carbonyl (C=O) groups is 3. The molecule has 4 rings (SSSR count). The maximum atomic E-state index is 13.0. The lowest BCUT2D eigenvalue weighted by molar-refractivity contribution is -0.152. The molecule has 0 N–H and O–H groups in total. The number of ether oxygens (including phenoxy) is 1.